The first kappa shape index (κ1) is 26.3. The van der Waals surface area contributed by atoms with Crippen molar-refractivity contribution < 1.29 is 14.3 Å². The minimum absolute atomic E-state index is 0.125. The van der Waals surface area contributed by atoms with Crippen molar-refractivity contribution in [2.75, 3.05) is 45.3 Å². The monoisotopic (exact) mass is 537 g/mol. The SMILES string of the molecule is C=C(C#N)CNc1c(OC)ccc2ccc(-c3cccc(C(=O)N[C@H]4CC[C@@H](N5CC6(COC6)C5)CC4)n3)cc12. The van der Waals surface area contributed by atoms with Crippen LogP contribution in [0.5, 0.6) is 5.75 Å². The second kappa shape index (κ2) is 10.9. The molecule has 1 aromatic heterocycles. The van der Waals surface area contributed by atoms with Gasteiger partial charge in [0.25, 0.3) is 5.91 Å². The largest absolute Gasteiger partial charge is 0.495 e. The molecule has 2 saturated heterocycles. The van der Waals surface area contributed by atoms with Crippen LogP contribution in [0.2, 0.25) is 0 Å². The number of benzene rings is 2. The fraction of sp³-hybridized carbons (Fsp3) is 0.406. The number of anilines is 1. The lowest BCUT2D eigenvalue weighted by atomic mass is 9.75. The molecule has 1 amide bonds. The Morgan fingerprint density at radius 2 is 1.95 bits per heavy atom. The summed E-state index contributed by atoms with van der Waals surface area (Å²) in [7, 11) is 1.62. The van der Waals surface area contributed by atoms with Crippen LogP contribution in [0.3, 0.4) is 0 Å². The maximum absolute atomic E-state index is 13.2. The molecule has 0 atom stereocenters. The predicted octanol–water partition coefficient (Wildman–Crippen LogP) is 4.78. The Hall–Kier alpha value is -3.93. The molecule has 0 bridgehead atoms. The van der Waals surface area contributed by atoms with Crippen molar-refractivity contribution in [1.29, 1.82) is 5.26 Å². The number of amides is 1. The van der Waals surface area contributed by atoms with Crippen LogP contribution in [0.25, 0.3) is 22.0 Å². The average molecular weight is 538 g/mol. The van der Waals surface area contributed by atoms with Crippen molar-refractivity contribution in [2.45, 2.75) is 37.8 Å². The summed E-state index contributed by atoms with van der Waals surface area (Å²) in [4.78, 5) is 20.5. The number of hydrogen-bond acceptors (Lipinski definition) is 7. The van der Waals surface area contributed by atoms with Crippen molar-refractivity contribution in [3.05, 3.63) is 66.4 Å². The van der Waals surface area contributed by atoms with Crippen molar-refractivity contribution in [3.63, 3.8) is 0 Å². The van der Waals surface area contributed by atoms with Gasteiger partial charge in [-0.15, -0.1) is 0 Å². The van der Waals surface area contributed by atoms with E-state index in [0.717, 1.165) is 66.6 Å². The first-order valence-electron chi connectivity index (χ1n) is 14.0. The Balaban J connectivity index is 1.14. The number of carbonyl (C=O) groups is 1. The standard InChI is InChI=1S/C32H35N5O3/c1-21(15-33)16-34-30-26-14-23(7-6-22(26)8-13-29(30)39-2)27-4-3-5-28(36-27)31(38)35-24-9-11-25(12-10-24)37-17-32(18-37)19-40-20-32/h3-8,13-14,24-25,34H,1,9-12,16-20H2,2H3,(H,35,38)/t24-,25+. The van der Waals surface area contributed by atoms with Gasteiger partial charge in [-0.25, -0.2) is 4.98 Å². The zero-order valence-electron chi connectivity index (χ0n) is 22.9. The number of ether oxygens (including phenoxy) is 2. The number of methoxy groups -OCH3 is 1. The first-order valence-corrected chi connectivity index (χ1v) is 14.0. The Labute approximate surface area is 235 Å². The number of nitrogens with zero attached hydrogens (tertiary/aromatic N) is 3. The smallest absolute Gasteiger partial charge is 0.270 e. The molecule has 40 heavy (non-hydrogen) atoms. The lowest BCUT2D eigenvalue weighted by Gasteiger charge is -2.58. The molecule has 3 heterocycles. The number of carbonyl (C=O) groups excluding carboxylic acids is 1. The lowest BCUT2D eigenvalue weighted by molar-refractivity contribution is -0.200. The van der Waals surface area contributed by atoms with Gasteiger partial charge in [0.15, 0.2) is 0 Å². The molecule has 2 aliphatic heterocycles. The van der Waals surface area contributed by atoms with E-state index in [-0.39, 0.29) is 11.9 Å². The van der Waals surface area contributed by atoms with Gasteiger partial charge in [0.05, 0.1) is 37.8 Å². The Morgan fingerprint density at radius 1 is 1.18 bits per heavy atom. The second-order valence-electron chi connectivity index (χ2n) is 11.4. The van der Waals surface area contributed by atoms with Crippen molar-refractivity contribution in [3.8, 4) is 23.1 Å². The van der Waals surface area contributed by atoms with E-state index >= 15 is 0 Å². The summed E-state index contributed by atoms with van der Waals surface area (Å²) in [5, 5.41) is 17.6. The minimum atomic E-state index is -0.125. The molecule has 2 aromatic carbocycles. The molecule has 8 nitrogen and oxygen atoms in total. The zero-order valence-corrected chi connectivity index (χ0v) is 22.9. The molecule has 3 aromatic rings. The topological polar surface area (TPSA) is 99.5 Å². The number of aromatic nitrogens is 1. The van der Waals surface area contributed by atoms with E-state index in [9.17, 15) is 4.79 Å². The molecular weight excluding hydrogens is 502 g/mol. The number of pyridine rings is 1. The summed E-state index contributed by atoms with van der Waals surface area (Å²) in [5.74, 6) is 0.552. The van der Waals surface area contributed by atoms with Crippen molar-refractivity contribution >= 4 is 22.4 Å². The molecule has 3 aliphatic rings. The average Bonchev–Trinajstić information content (AvgIpc) is 2.94. The fourth-order valence-corrected chi connectivity index (χ4v) is 6.26. The minimum Gasteiger partial charge on any atom is -0.495 e. The molecule has 0 unspecified atom stereocenters. The highest BCUT2D eigenvalue weighted by atomic mass is 16.5. The Kier molecular flexibility index (Phi) is 7.18. The van der Waals surface area contributed by atoms with Crippen molar-refractivity contribution in [1.82, 2.24) is 15.2 Å². The van der Waals surface area contributed by atoms with E-state index in [0.29, 0.717) is 35.0 Å². The van der Waals surface area contributed by atoms with Gasteiger partial charge in [-0.05, 0) is 55.3 Å². The van der Waals surface area contributed by atoms with Crippen LogP contribution in [0.4, 0.5) is 5.69 Å². The maximum Gasteiger partial charge on any atom is 0.270 e. The van der Waals surface area contributed by atoms with Crippen LogP contribution in [0, 0.1) is 16.7 Å². The number of likely N-dealkylation sites (tertiary alicyclic amines) is 1. The summed E-state index contributed by atoms with van der Waals surface area (Å²) in [6.07, 6.45) is 4.23. The molecule has 206 valence electrons. The summed E-state index contributed by atoms with van der Waals surface area (Å²) < 4.78 is 11.0. The van der Waals surface area contributed by atoms with Gasteiger partial charge >= 0.3 is 0 Å². The van der Waals surface area contributed by atoms with Crippen LogP contribution >= 0.6 is 0 Å². The van der Waals surface area contributed by atoms with E-state index < -0.39 is 0 Å². The fourth-order valence-electron chi connectivity index (χ4n) is 6.26. The third-order valence-electron chi connectivity index (χ3n) is 8.56. The molecule has 8 heteroatoms. The maximum atomic E-state index is 13.2. The summed E-state index contributed by atoms with van der Waals surface area (Å²) in [5.41, 5.74) is 3.70. The number of nitrogens with one attached hydrogen (secondary N) is 2. The number of hydrogen-bond donors (Lipinski definition) is 2. The molecule has 2 N–H and O–H groups in total. The van der Waals surface area contributed by atoms with Gasteiger partial charge in [0.1, 0.15) is 11.4 Å². The van der Waals surface area contributed by atoms with Crippen molar-refractivity contribution in [2.24, 2.45) is 5.41 Å². The summed E-state index contributed by atoms with van der Waals surface area (Å²) in [6.45, 7) is 8.26. The van der Waals surface area contributed by atoms with Crippen LogP contribution in [0.15, 0.2) is 60.7 Å². The van der Waals surface area contributed by atoms with Gasteiger partial charge in [-0.1, -0.05) is 30.8 Å². The van der Waals surface area contributed by atoms with Crippen LogP contribution in [-0.2, 0) is 4.74 Å². The highest BCUT2D eigenvalue weighted by molar-refractivity contribution is 5.99. The highest BCUT2D eigenvalue weighted by Gasteiger charge is 2.50. The molecule has 1 spiro atoms. The van der Waals surface area contributed by atoms with E-state index in [4.69, 9.17) is 19.7 Å². The molecule has 6 rings (SSSR count). The second-order valence-corrected chi connectivity index (χ2v) is 11.4. The number of nitriles is 1. The molecule has 1 saturated carbocycles. The Bertz CT molecular complexity index is 1480. The van der Waals surface area contributed by atoms with Crippen LogP contribution in [0.1, 0.15) is 36.2 Å². The predicted molar refractivity (Wildman–Crippen MR) is 155 cm³/mol. The van der Waals surface area contributed by atoms with Crippen LogP contribution in [-0.4, -0.2) is 67.8 Å². The molecule has 3 fully saturated rings. The van der Waals surface area contributed by atoms with Gasteiger partial charge in [-0.3, -0.25) is 9.69 Å². The normalized spacial score (nSPS) is 21.6. The van der Waals surface area contributed by atoms with Gasteiger partial charge in [-0.2, -0.15) is 5.26 Å². The van der Waals surface area contributed by atoms with E-state index in [1.54, 1.807) is 13.2 Å². The van der Waals surface area contributed by atoms with Gasteiger partial charge in [0.2, 0.25) is 0 Å². The quantitative estimate of drug-likeness (QED) is 0.399. The van der Waals surface area contributed by atoms with Crippen LogP contribution < -0.4 is 15.4 Å². The van der Waals surface area contributed by atoms with E-state index in [1.807, 2.05) is 42.5 Å². The third-order valence-corrected chi connectivity index (χ3v) is 8.56. The van der Waals surface area contributed by atoms with Gasteiger partial charge < -0.3 is 20.1 Å². The van der Waals surface area contributed by atoms with E-state index in [1.165, 1.54) is 13.1 Å². The summed E-state index contributed by atoms with van der Waals surface area (Å²) >= 11 is 0. The molecule has 1 aliphatic carbocycles. The molecule has 0 radical (unpaired) electrons. The molecular formula is C32H35N5O3. The van der Waals surface area contributed by atoms with Gasteiger partial charge in [0, 0.05) is 53.7 Å². The Morgan fingerprint density at radius 3 is 2.65 bits per heavy atom. The highest BCUT2D eigenvalue weighted by Crippen LogP contribution is 2.41. The number of fused-ring (bicyclic) bond motifs is 1. The summed E-state index contributed by atoms with van der Waals surface area (Å²) in [6, 6.07) is 18.4. The zero-order chi connectivity index (χ0) is 27.7. The number of rotatable bonds is 8. The van der Waals surface area contributed by atoms with E-state index in [2.05, 4.69) is 28.2 Å². The first-order chi connectivity index (χ1) is 19.5. The lowest BCUT2D eigenvalue weighted by Crippen LogP contribution is -2.68. The third kappa shape index (κ3) is 5.15.